The lowest BCUT2D eigenvalue weighted by Gasteiger charge is -2.03. The Bertz CT molecular complexity index is 508. The van der Waals surface area contributed by atoms with Gasteiger partial charge in [0.25, 0.3) is 0 Å². The van der Waals surface area contributed by atoms with E-state index in [0.717, 1.165) is 0 Å². The monoisotopic (exact) mass is 280 g/mol. The van der Waals surface area contributed by atoms with Crippen molar-refractivity contribution in [2.75, 3.05) is 27.9 Å². The van der Waals surface area contributed by atoms with Crippen LogP contribution in [0, 0.1) is 0 Å². The van der Waals surface area contributed by atoms with Gasteiger partial charge in [-0.3, -0.25) is 0 Å². The summed E-state index contributed by atoms with van der Waals surface area (Å²) in [5.74, 6) is -0.469. The fourth-order valence-electron chi connectivity index (χ4n) is 1.27. The van der Waals surface area contributed by atoms with Gasteiger partial charge in [-0.2, -0.15) is 5.11 Å². The maximum absolute atomic E-state index is 11.5. The third kappa shape index (κ3) is 4.36. The van der Waals surface area contributed by atoms with Crippen molar-refractivity contribution in [3.05, 3.63) is 35.7 Å². The van der Waals surface area contributed by atoms with Crippen LogP contribution in [-0.4, -0.2) is 39.0 Å². The molecule has 0 aromatic heterocycles. The highest BCUT2D eigenvalue weighted by Crippen LogP contribution is 2.19. The highest BCUT2D eigenvalue weighted by Gasteiger charge is 2.15. The number of aliphatic hydroxyl groups is 1. The van der Waals surface area contributed by atoms with E-state index < -0.39 is 5.97 Å². The number of aliphatic hydroxyl groups excluding tert-OH is 1. The molecule has 0 heterocycles. The summed E-state index contributed by atoms with van der Waals surface area (Å²) in [5, 5.41) is 17.2. The first-order valence-electron chi connectivity index (χ1n) is 5.67. The van der Waals surface area contributed by atoms with E-state index in [0.29, 0.717) is 11.4 Å². The molecule has 1 N–H and O–H groups in total. The minimum atomic E-state index is -0.795. The van der Waals surface area contributed by atoms with Gasteiger partial charge >= 0.3 is 5.97 Å². The van der Waals surface area contributed by atoms with E-state index in [1.165, 1.54) is 14.2 Å². The van der Waals surface area contributed by atoms with Gasteiger partial charge in [-0.15, -0.1) is 5.11 Å². The number of esters is 1. The van der Waals surface area contributed by atoms with Gasteiger partial charge in [-0.1, -0.05) is 0 Å². The molecule has 0 saturated carbocycles. The molecule has 20 heavy (non-hydrogen) atoms. The molecule has 0 aliphatic heterocycles. The van der Waals surface area contributed by atoms with Gasteiger partial charge in [0, 0.05) is 7.11 Å². The summed E-state index contributed by atoms with van der Waals surface area (Å²) in [7, 11) is 4.12. The lowest BCUT2D eigenvalue weighted by atomic mass is 10.3. The van der Waals surface area contributed by atoms with Crippen LogP contribution in [0.3, 0.4) is 0 Å². The standard InChI is InChI=1S/C13H16N2O5/c1-18-8-11(16)12(13(17)20-3)15-14-9-4-6-10(19-2)7-5-9/h4-7,16H,8H2,1-3H3/b12-11+,15-14?. The number of carbonyl (C=O) groups excluding carboxylic acids is 1. The minimum absolute atomic E-state index is 0.161. The molecule has 7 nitrogen and oxygen atoms in total. The van der Waals surface area contributed by atoms with Gasteiger partial charge in [-0.05, 0) is 24.3 Å². The number of rotatable bonds is 6. The van der Waals surface area contributed by atoms with Crippen LogP contribution < -0.4 is 4.74 Å². The van der Waals surface area contributed by atoms with Crippen LogP contribution in [0.15, 0.2) is 46.0 Å². The summed E-state index contributed by atoms with van der Waals surface area (Å²) < 4.78 is 14.3. The van der Waals surface area contributed by atoms with Crippen LogP contribution in [-0.2, 0) is 14.3 Å². The molecule has 0 bridgehead atoms. The minimum Gasteiger partial charge on any atom is -0.507 e. The molecule has 1 aromatic carbocycles. The van der Waals surface area contributed by atoms with E-state index in [1.807, 2.05) is 0 Å². The molecule has 0 unspecified atom stereocenters. The lowest BCUT2D eigenvalue weighted by molar-refractivity contribution is -0.136. The van der Waals surface area contributed by atoms with E-state index in [1.54, 1.807) is 31.4 Å². The normalized spacial score (nSPS) is 12.2. The molecule has 0 aliphatic carbocycles. The van der Waals surface area contributed by atoms with Crippen molar-refractivity contribution < 1.29 is 24.1 Å². The summed E-state index contributed by atoms with van der Waals surface area (Å²) in [6.07, 6.45) is 0. The quantitative estimate of drug-likeness (QED) is 0.374. The third-order valence-electron chi connectivity index (χ3n) is 2.27. The molecule has 0 fully saturated rings. The predicted molar refractivity (Wildman–Crippen MR) is 71.1 cm³/mol. The van der Waals surface area contributed by atoms with Crippen molar-refractivity contribution in [2.24, 2.45) is 10.2 Å². The Balaban J connectivity index is 2.96. The van der Waals surface area contributed by atoms with Crippen molar-refractivity contribution in [2.45, 2.75) is 0 Å². The number of ether oxygens (including phenoxy) is 3. The van der Waals surface area contributed by atoms with E-state index in [-0.39, 0.29) is 18.1 Å². The zero-order valence-electron chi connectivity index (χ0n) is 11.5. The molecule has 0 radical (unpaired) electrons. The first-order chi connectivity index (χ1) is 9.62. The van der Waals surface area contributed by atoms with Crippen LogP contribution >= 0.6 is 0 Å². The summed E-state index contributed by atoms with van der Waals surface area (Å²) >= 11 is 0. The Morgan fingerprint density at radius 2 is 1.85 bits per heavy atom. The van der Waals surface area contributed by atoms with Gasteiger partial charge in [0.2, 0.25) is 5.70 Å². The van der Waals surface area contributed by atoms with E-state index in [4.69, 9.17) is 9.47 Å². The molecule has 1 aromatic rings. The number of hydrogen-bond acceptors (Lipinski definition) is 7. The smallest absolute Gasteiger partial charge is 0.362 e. The van der Waals surface area contributed by atoms with Crippen LogP contribution in [0.5, 0.6) is 5.75 Å². The number of azo groups is 1. The first kappa shape index (κ1) is 15.6. The van der Waals surface area contributed by atoms with Crippen molar-refractivity contribution >= 4 is 11.7 Å². The Kier molecular flexibility index (Phi) is 6.18. The van der Waals surface area contributed by atoms with Gasteiger partial charge < -0.3 is 19.3 Å². The highest BCUT2D eigenvalue weighted by atomic mass is 16.5. The second-order valence-electron chi connectivity index (χ2n) is 3.62. The average molecular weight is 280 g/mol. The molecule has 108 valence electrons. The van der Waals surface area contributed by atoms with Gasteiger partial charge in [-0.25, -0.2) is 4.79 Å². The third-order valence-corrected chi connectivity index (χ3v) is 2.27. The number of benzene rings is 1. The maximum Gasteiger partial charge on any atom is 0.362 e. The molecule has 7 heteroatoms. The average Bonchev–Trinajstić information content (AvgIpc) is 2.48. The molecule has 0 amide bonds. The molecule has 0 aliphatic rings. The van der Waals surface area contributed by atoms with Crippen molar-refractivity contribution in [1.82, 2.24) is 0 Å². The molecular weight excluding hydrogens is 264 g/mol. The zero-order valence-corrected chi connectivity index (χ0v) is 11.5. The predicted octanol–water partition coefficient (Wildman–Crippen LogP) is 2.37. The Hall–Kier alpha value is -2.41. The maximum atomic E-state index is 11.5. The fraction of sp³-hybridized carbons (Fsp3) is 0.308. The largest absolute Gasteiger partial charge is 0.507 e. The van der Waals surface area contributed by atoms with Crippen LogP contribution in [0.25, 0.3) is 0 Å². The molecule has 0 saturated heterocycles. The fourth-order valence-corrected chi connectivity index (χ4v) is 1.27. The van der Waals surface area contributed by atoms with Crippen LogP contribution in [0.4, 0.5) is 5.69 Å². The van der Waals surface area contributed by atoms with E-state index in [9.17, 15) is 9.90 Å². The second kappa shape index (κ2) is 7.90. The number of carbonyl (C=O) groups is 1. The first-order valence-corrected chi connectivity index (χ1v) is 5.67. The topological polar surface area (TPSA) is 89.7 Å². The van der Waals surface area contributed by atoms with Crippen molar-refractivity contribution in [1.29, 1.82) is 0 Å². The van der Waals surface area contributed by atoms with Gasteiger partial charge in [0.1, 0.15) is 12.4 Å². The number of methoxy groups -OCH3 is 3. The Morgan fingerprint density at radius 3 is 2.35 bits per heavy atom. The molecular formula is C13H16N2O5. The summed E-state index contributed by atoms with van der Waals surface area (Å²) in [4.78, 5) is 11.5. The van der Waals surface area contributed by atoms with E-state index in [2.05, 4.69) is 15.0 Å². The summed E-state index contributed by atoms with van der Waals surface area (Å²) in [6, 6.07) is 6.71. The van der Waals surface area contributed by atoms with Crippen molar-refractivity contribution in [3.63, 3.8) is 0 Å². The molecule has 0 spiro atoms. The summed E-state index contributed by atoms with van der Waals surface area (Å²) in [5.41, 5.74) is 0.197. The Morgan fingerprint density at radius 1 is 1.20 bits per heavy atom. The van der Waals surface area contributed by atoms with Gasteiger partial charge in [0.15, 0.2) is 5.76 Å². The summed E-state index contributed by atoms with van der Waals surface area (Å²) in [6.45, 7) is -0.161. The number of nitrogens with zero attached hydrogens (tertiary/aromatic N) is 2. The zero-order chi connectivity index (χ0) is 15.0. The van der Waals surface area contributed by atoms with E-state index >= 15 is 0 Å². The molecule has 1 rings (SSSR count). The lowest BCUT2D eigenvalue weighted by Crippen LogP contribution is -2.08. The second-order valence-corrected chi connectivity index (χ2v) is 3.62. The van der Waals surface area contributed by atoms with Crippen LogP contribution in [0.2, 0.25) is 0 Å². The number of hydrogen-bond donors (Lipinski definition) is 1. The van der Waals surface area contributed by atoms with Gasteiger partial charge in [0.05, 0.1) is 19.9 Å². The van der Waals surface area contributed by atoms with Crippen molar-refractivity contribution in [3.8, 4) is 5.75 Å². The van der Waals surface area contributed by atoms with Crippen LogP contribution in [0.1, 0.15) is 0 Å². The Labute approximate surface area is 116 Å². The highest BCUT2D eigenvalue weighted by molar-refractivity contribution is 5.88. The molecule has 0 atom stereocenters. The SMILES string of the molecule is COC/C(O)=C(\N=Nc1ccc(OC)cc1)C(=O)OC.